The largest absolute Gasteiger partial charge is 0.493 e. The second kappa shape index (κ2) is 9.80. The lowest BCUT2D eigenvalue weighted by molar-refractivity contribution is -0.126. The normalized spacial score (nSPS) is 17.0. The predicted octanol–water partition coefficient (Wildman–Crippen LogP) is 3.57. The first-order chi connectivity index (χ1) is 15.9. The lowest BCUT2D eigenvalue weighted by Gasteiger charge is -2.31. The van der Waals surface area contributed by atoms with Gasteiger partial charge < -0.3 is 14.8 Å². The Morgan fingerprint density at radius 2 is 1.76 bits per heavy atom. The van der Waals surface area contributed by atoms with Crippen molar-refractivity contribution in [3.8, 4) is 11.5 Å². The van der Waals surface area contributed by atoms with Gasteiger partial charge in [0.1, 0.15) is 0 Å². The van der Waals surface area contributed by atoms with E-state index in [0.717, 1.165) is 16.3 Å². The summed E-state index contributed by atoms with van der Waals surface area (Å²) in [6.45, 7) is 0.911. The molecule has 1 heterocycles. The Balaban J connectivity index is 1.43. The molecule has 3 aromatic carbocycles. The quantitative estimate of drug-likeness (QED) is 0.573. The fourth-order valence-electron chi connectivity index (χ4n) is 4.18. The number of benzene rings is 3. The molecule has 3 aromatic rings. The van der Waals surface area contributed by atoms with Crippen molar-refractivity contribution in [1.29, 1.82) is 0 Å². The van der Waals surface area contributed by atoms with Crippen LogP contribution in [-0.4, -0.2) is 45.9 Å². The van der Waals surface area contributed by atoms with Crippen LogP contribution >= 0.6 is 0 Å². The van der Waals surface area contributed by atoms with Gasteiger partial charge in [-0.25, -0.2) is 8.42 Å². The third-order valence-corrected chi connectivity index (χ3v) is 7.89. The van der Waals surface area contributed by atoms with Crippen LogP contribution in [0.5, 0.6) is 11.5 Å². The summed E-state index contributed by atoms with van der Waals surface area (Å²) in [5.74, 6) is 0.668. The number of fused-ring (bicyclic) bond motifs is 1. The molecule has 4 rings (SSSR count). The van der Waals surface area contributed by atoms with Crippen molar-refractivity contribution >= 4 is 26.7 Å². The number of sulfonamides is 1. The van der Waals surface area contributed by atoms with Crippen LogP contribution in [0.15, 0.2) is 65.6 Å². The van der Waals surface area contributed by atoms with Crippen molar-refractivity contribution in [2.24, 2.45) is 5.92 Å². The molecule has 8 heteroatoms. The van der Waals surface area contributed by atoms with Crippen LogP contribution in [-0.2, 0) is 21.4 Å². The van der Waals surface area contributed by atoms with Gasteiger partial charge in [0.25, 0.3) is 0 Å². The SMILES string of the molecule is COc1ccc(CNC(=O)[C@@H]2CCCN(S(=O)(=O)c3ccc4ccccc4c3)C2)cc1OC. The van der Waals surface area contributed by atoms with Crippen LogP contribution in [0.4, 0.5) is 0 Å². The number of ether oxygens (including phenoxy) is 2. The zero-order valence-corrected chi connectivity index (χ0v) is 19.6. The summed E-state index contributed by atoms with van der Waals surface area (Å²) in [4.78, 5) is 13.1. The topological polar surface area (TPSA) is 84.9 Å². The summed E-state index contributed by atoms with van der Waals surface area (Å²) >= 11 is 0. The van der Waals surface area contributed by atoms with E-state index < -0.39 is 15.9 Å². The molecular weight excluding hydrogens is 440 g/mol. The molecule has 1 aliphatic heterocycles. The van der Waals surface area contributed by atoms with E-state index in [1.165, 1.54) is 4.31 Å². The Bertz CT molecular complexity index is 1260. The molecule has 0 bridgehead atoms. The van der Waals surface area contributed by atoms with Crippen molar-refractivity contribution in [3.05, 3.63) is 66.2 Å². The van der Waals surface area contributed by atoms with Gasteiger partial charge in [0.2, 0.25) is 15.9 Å². The number of nitrogens with one attached hydrogen (secondary N) is 1. The van der Waals surface area contributed by atoms with Gasteiger partial charge in [0.15, 0.2) is 11.5 Å². The first-order valence-corrected chi connectivity index (χ1v) is 12.3. The van der Waals surface area contributed by atoms with E-state index in [4.69, 9.17) is 9.47 Å². The molecule has 0 radical (unpaired) electrons. The molecule has 1 aliphatic rings. The van der Waals surface area contributed by atoms with Crippen molar-refractivity contribution in [2.45, 2.75) is 24.3 Å². The van der Waals surface area contributed by atoms with E-state index in [2.05, 4.69) is 5.32 Å². The predicted molar refractivity (Wildman–Crippen MR) is 127 cm³/mol. The Labute approximate surface area is 194 Å². The average Bonchev–Trinajstić information content (AvgIpc) is 2.86. The Morgan fingerprint density at radius 3 is 2.52 bits per heavy atom. The molecule has 1 atom stereocenters. The van der Waals surface area contributed by atoms with Gasteiger partial charge >= 0.3 is 0 Å². The number of carbonyl (C=O) groups excluding carboxylic acids is 1. The fraction of sp³-hybridized carbons (Fsp3) is 0.320. The van der Waals surface area contributed by atoms with Crippen LogP contribution in [0.3, 0.4) is 0 Å². The smallest absolute Gasteiger partial charge is 0.243 e. The summed E-state index contributed by atoms with van der Waals surface area (Å²) in [5, 5.41) is 4.80. The number of nitrogens with zero attached hydrogens (tertiary/aromatic N) is 1. The number of amides is 1. The molecule has 174 valence electrons. The lowest BCUT2D eigenvalue weighted by Crippen LogP contribution is -2.45. The maximum atomic E-state index is 13.3. The van der Waals surface area contributed by atoms with E-state index in [1.54, 1.807) is 32.4 Å². The second-order valence-electron chi connectivity index (χ2n) is 8.12. The van der Waals surface area contributed by atoms with E-state index in [-0.39, 0.29) is 17.3 Å². The Hall–Kier alpha value is -3.10. The van der Waals surface area contributed by atoms with Crippen LogP contribution in [0.1, 0.15) is 18.4 Å². The van der Waals surface area contributed by atoms with E-state index >= 15 is 0 Å². The van der Waals surface area contributed by atoms with E-state index in [1.807, 2.05) is 42.5 Å². The molecular formula is C25H28N2O5S. The van der Waals surface area contributed by atoms with Gasteiger partial charge in [-0.05, 0) is 53.4 Å². The van der Waals surface area contributed by atoms with Crippen LogP contribution < -0.4 is 14.8 Å². The van der Waals surface area contributed by atoms with Crippen LogP contribution in [0.25, 0.3) is 10.8 Å². The van der Waals surface area contributed by atoms with Crippen molar-refractivity contribution < 1.29 is 22.7 Å². The average molecular weight is 469 g/mol. The van der Waals surface area contributed by atoms with Crippen molar-refractivity contribution in [1.82, 2.24) is 9.62 Å². The zero-order valence-electron chi connectivity index (χ0n) is 18.8. The fourth-order valence-corrected chi connectivity index (χ4v) is 5.74. The highest BCUT2D eigenvalue weighted by molar-refractivity contribution is 7.89. The monoisotopic (exact) mass is 468 g/mol. The molecule has 1 amide bonds. The molecule has 33 heavy (non-hydrogen) atoms. The molecule has 0 aliphatic carbocycles. The van der Waals surface area contributed by atoms with Gasteiger partial charge in [-0.1, -0.05) is 36.4 Å². The third kappa shape index (κ3) is 4.96. The molecule has 7 nitrogen and oxygen atoms in total. The summed E-state index contributed by atoms with van der Waals surface area (Å²) in [7, 11) is -0.549. The number of carbonyl (C=O) groups is 1. The van der Waals surface area contributed by atoms with Gasteiger partial charge in [0, 0.05) is 19.6 Å². The zero-order chi connectivity index (χ0) is 23.4. The standard InChI is InChI=1S/C25H28N2O5S/c1-31-23-12-9-18(14-24(23)32-2)16-26-25(28)21-8-5-13-27(17-21)33(29,30)22-11-10-19-6-3-4-7-20(19)15-22/h3-4,6-7,9-12,14-15,21H,5,8,13,16-17H2,1-2H3,(H,26,28)/t21-/m1/s1. The number of piperidine rings is 1. The van der Waals surface area contributed by atoms with Gasteiger partial charge in [0.05, 0.1) is 25.0 Å². The summed E-state index contributed by atoms with van der Waals surface area (Å²) in [6.07, 6.45) is 1.29. The highest BCUT2D eigenvalue weighted by atomic mass is 32.2. The minimum Gasteiger partial charge on any atom is -0.493 e. The molecule has 0 aromatic heterocycles. The maximum Gasteiger partial charge on any atom is 0.243 e. The van der Waals surface area contributed by atoms with Crippen molar-refractivity contribution in [3.63, 3.8) is 0 Å². The van der Waals surface area contributed by atoms with E-state index in [9.17, 15) is 13.2 Å². The van der Waals surface area contributed by atoms with Gasteiger partial charge in [-0.2, -0.15) is 4.31 Å². The number of methoxy groups -OCH3 is 2. The molecule has 0 saturated carbocycles. The summed E-state index contributed by atoms with van der Waals surface area (Å²) in [6, 6.07) is 18.3. The first-order valence-electron chi connectivity index (χ1n) is 10.9. The van der Waals surface area contributed by atoms with Gasteiger partial charge in [-0.3, -0.25) is 4.79 Å². The molecule has 1 saturated heterocycles. The van der Waals surface area contributed by atoms with E-state index in [0.29, 0.717) is 37.4 Å². The van der Waals surface area contributed by atoms with Crippen LogP contribution in [0, 0.1) is 5.92 Å². The minimum absolute atomic E-state index is 0.150. The Morgan fingerprint density at radius 1 is 1.00 bits per heavy atom. The molecule has 0 spiro atoms. The molecule has 0 unspecified atom stereocenters. The number of hydrogen-bond donors (Lipinski definition) is 1. The third-order valence-electron chi connectivity index (χ3n) is 6.03. The molecule has 1 fully saturated rings. The number of hydrogen-bond acceptors (Lipinski definition) is 5. The van der Waals surface area contributed by atoms with Gasteiger partial charge in [-0.15, -0.1) is 0 Å². The minimum atomic E-state index is -3.68. The first kappa shape index (κ1) is 23.1. The highest BCUT2D eigenvalue weighted by Crippen LogP contribution is 2.28. The highest BCUT2D eigenvalue weighted by Gasteiger charge is 2.33. The lowest BCUT2D eigenvalue weighted by atomic mass is 9.98. The molecule has 1 N–H and O–H groups in total. The Kier molecular flexibility index (Phi) is 6.85. The maximum absolute atomic E-state index is 13.3. The van der Waals surface area contributed by atoms with Crippen molar-refractivity contribution in [2.75, 3.05) is 27.3 Å². The number of rotatable bonds is 7. The second-order valence-corrected chi connectivity index (χ2v) is 10.1. The summed E-state index contributed by atoms with van der Waals surface area (Å²) in [5.41, 5.74) is 0.873. The van der Waals surface area contributed by atoms with Crippen LogP contribution in [0.2, 0.25) is 0 Å². The summed E-state index contributed by atoms with van der Waals surface area (Å²) < 4.78 is 38.5.